The average Bonchev–Trinajstić information content (AvgIpc) is 2.13. The molecule has 1 atom stereocenters. The lowest BCUT2D eigenvalue weighted by Crippen LogP contribution is -2.55. The summed E-state index contributed by atoms with van der Waals surface area (Å²) in [6.07, 6.45) is -0.673. The topological polar surface area (TPSA) is 32.3 Å². The molecule has 3 nitrogen and oxygen atoms in total. The van der Waals surface area contributed by atoms with Crippen molar-refractivity contribution in [2.45, 2.75) is 39.9 Å². The monoisotopic (exact) mass is 230 g/mol. The molecule has 0 radical (unpaired) electrons. The van der Waals surface area contributed by atoms with Gasteiger partial charge in [-0.2, -0.15) is 0 Å². The summed E-state index contributed by atoms with van der Waals surface area (Å²) in [5, 5.41) is 3.03. The molecular formula is C12H23FN2O. The largest absolute Gasteiger partial charge is 0.352 e. The summed E-state index contributed by atoms with van der Waals surface area (Å²) >= 11 is 0. The highest BCUT2D eigenvalue weighted by Gasteiger charge is 2.29. The first-order valence-corrected chi connectivity index (χ1v) is 6.07. The number of hydrogen-bond acceptors (Lipinski definition) is 2. The number of carbonyl (C=O) groups is 1. The van der Waals surface area contributed by atoms with Gasteiger partial charge in [-0.3, -0.25) is 9.69 Å². The number of hydrogen-bond donors (Lipinski definition) is 1. The van der Waals surface area contributed by atoms with Gasteiger partial charge in [-0.15, -0.1) is 0 Å². The first-order chi connectivity index (χ1) is 7.40. The second-order valence-corrected chi connectivity index (χ2v) is 5.33. The second kappa shape index (κ2) is 5.62. The lowest BCUT2D eigenvalue weighted by Gasteiger charge is -2.38. The molecule has 1 N–H and O–H groups in total. The molecule has 0 aromatic carbocycles. The van der Waals surface area contributed by atoms with E-state index in [1.165, 1.54) is 0 Å². The van der Waals surface area contributed by atoms with E-state index >= 15 is 0 Å². The van der Waals surface area contributed by atoms with Crippen molar-refractivity contribution < 1.29 is 9.18 Å². The Labute approximate surface area is 97.4 Å². The van der Waals surface area contributed by atoms with Crippen molar-refractivity contribution in [2.24, 2.45) is 11.8 Å². The van der Waals surface area contributed by atoms with Crippen LogP contribution in [0.15, 0.2) is 0 Å². The van der Waals surface area contributed by atoms with Crippen LogP contribution in [0.25, 0.3) is 0 Å². The summed E-state index contributed by atoms with van der Waals surface area (Å²) in [5.41, 5.74) is 0. The van der Waals surface area contributed by atoms with Gasteiger partial charge in [-0.25, -0.2) is 4.39 Å². The second-order valence-electron chi connectivity index (χ2n) is 5.33. The van der Waals surface area contributed by atoms with Crippen LogP contribution in [0.3, 0.4) is 0 Å². The van der Waals surface area contributed by atoms with Gasteiger partial charge in [0.15, 0.2) is 0 Å². The van der Waals surface area contributed by atoms with Gasteiger partial charge in [0.25, 0.3) is 0 Å². The molecule has 1 amide bonds. The van der Waals surface area contributed by atoms with Crippen molar-refractivity contribution in [3.63, 3.8) is 0 Å². The van der Waals surface area contributed by atoms with E-state index < -0.39 is 6.17 Å². The maximum Gasteiger partial charge on any atom is 0.222 e. The van der Waals surface area contributed by atoms with E-state index in [0.717, 1.165) is 6.54 Å². The first-order valence-electron chi connectivity index (χ1n) is 6.07. The number of alkyl halides is 1. The van der Waals surface area contributed by atoms with Crippen LogP contribution >= 0.6 is 0 Å². The SMILES string of the molecule is CC(C)C(=O)N[C@@H](CN1CC(F)C1)C(C)C. The van der Waals surface area contributed by atoms with Gasteiger partial charge >= 0.3 is 0 Å². The highest BCUT2D eigenvalue weighted by atomic mass is 19.1. The third-order valence-corrected chi connectivity index (χ3v) is 3.02. The van der Waals surface area contributed by atoms with Crippen LogP contribution in [0.5, 0.6) is 0 Å². The molecule has 1 fully saturated rings. The van der Waals surface area contributed by atoms with Gasteiger partial charge in [0, 0.05) is 31.6 Å². The fourth-order valence-corrected chi connectivity index (χ4v) is 1.71. The van der Waals surface area contributed by atoms with Gasteiger partial charge < -0.3 is 5.32 Å². The Morgan fingerprint density at radius 1 is 1.38 bits per heavy atom. The molecule has 0 aromatic heterocycles. The summed E-state index contributed by atoms with van der Waals surface area (Å²) < 4.78 is 12.7. The molecule has 1 aliphatic heterocycles. The maximum atomic E-state index is 12.7. The van der Waals surface area contributed by atoms with Crippen LogP contribution < -0.4 is 5.32 Å². The van der Waals surface area contributed by atoms with Crippen molar-refractivity contribution in [2.75, 3.05) is 19.6 Å². The zero-order valence-corrected chi connectivity index (χ0v) is 10.7. The van der Waals surface area contributed by atoms with Gasteiger partial charge in [-0.1, -0.05) is 27.7 Å². The molecule has 0 saturated carbocycles. The van der Waals surface area contributed by atoms with Crippen molar-refractivity contribution >= 4 is 5.91 Å². The molecule has 0 spiro atoms. The number of likely N-dealkylation sites (tertiary alicyclic amines) is 1. The Morgan fingerprint density at radius 2 is 1.94 bits per heavy atom. The molecule has 0 aromatic rings. The van der Waals surface area contributed by atoms with E-state index in [9.17, 15) is 9.18 Å². The summed E-state index contributed by atoms with van der Waals surface area (Å²) in [5.74, 6) is 0.462. The molecule has 1 aliphatic rings. The maximum absolute atomic E-state index is 12.7. The third kappa shape index (κ3) is 3.74. The van der Waals surface area contributed by atoms with Crippen molar-refractivity contribution in [3.05, 3.63) is 0 Å². The van der Waals surface area contributed by atoms with E-state index in [0.29, 0.717) is 19.0 Å². The fraction of sp³-hybridized carbons (Fsp3) is 0.917. The average molecular weight is 230 g/mol. The van der Waals surface area contributed by atoms with E-state index in [1.807, 2.05) is 13.8 Å². The molecule has 16 heavy (non-hydrogen) atoms. The number of rotatable bonds is 5. The molecule has 1 rings (SSSR count). The molecule has 1 saturated heterocycles. The summed E-state index contributed by atoms with van der Waals surface area (Å²) in [6, 6.07) is 0.127. The predicted octanol–water partition coefficient (Wildman–Crippen LogP) is 1.44. The number of nitrogens with zero attached hydrogens (tertiary/aromatic N) is 1. The molecular weight excluding hydrogens is 207 g/mol. The first kappa shape index (κ1) is 13.4. The molecule has 0 bridgehead atoms. The predicted molar refractivity (Wildman–Crippen MR) is 62.9 cm³/mol. The zero-order chi connectivity index (χ0) is 12.3. The zero-order valence-electron chi connectivity index (χ0n) is 10.7. The summed E-state index contributed by atoms with van der Waals surface area (Å²) in [7, 11) is 0. The minimum absolute atomic E-state index is 0.00608. The molecule has 0 unspecified atom stereocenters. The molecule has 4 heteroatoms. The minimum atomic E-state index is -0.673. The third-order valence-electron chi connectivity index (χ3n) is 3.02. The smallest absolute Gasteiger partial charge is 0.222 e. The lowest BCUT2D eigenvalue weighted by molar-refractivity contribution is -0.125. The van der Waals surface area contributed by atoms with Crippen LogP contribution in [0, 0.1) is 11.8 Å². The Bertz CT molecular complexity index is 237. The van der Waals surface area contributed by atoms with Gasteiger partial charge in [0.1, 0.15) is 6.17 Å². The Hall–Kier alpha value is -0.640. The van der Waals surface area contributed by atoms with Crippen LogP contribution in [-0.2, 0) is 4.79 Å². The number of amides is 1. The van der Waals surface area contributed by atoms with E-state index in [1.54, 1.807) is 0 Å². The van der Waals surface area contributed by atoms with E-state index in [2.05, 4.69) is 24.1 Å². The Balaban J connectivity index is 2.39. The highest BCUT2D eigenvalue weighted by molar-refractivity contribution is 5.78. The quantitative estimate of drug-likeness (QED) is 0.775. The van der Waals surface area contributed by atoms with Gasteiger partial charge in [0.05, 0.1) is 0 Å². The summed E-state index contributed by atoms with van der Waals surface area (Å²) in [6.45, 7) is 9.72. The van der Waals surface area contributed by atoms with Crippen molar-refractivity contribution in [1.29, 1.82) is 0 Å². The molecule has 0 aliphatic carbocycles. The van der Waals surface area contributed by atoms with Crippen molar-refractivity contribution in [3.8, 4) is 0 Å². The van der Waals surface area contributed by atoms with Crippen LogP contribution in [-0.4, -0.2) is 42.7 Å². The van der Waals surface area contributed by atoms with Gasteiger partial charge in [-0.05, 0) is 5.92 Å². The number of halogens is 1. The Morgan fingerprint density at radius 3 is 2.31 bits per heavy atom. The normalized spacial score (nSPS) is 19.9. The van der Waals surface area contributed by atoms with Crippen LogP contribution in [0.1, 0.15) is 27.7 Å². The number of carbonyl (C=O) groups excluding carboxylic acids is 1. The highest BCUT2D eigenvalue weighted by Crippen LogP contribution is 2.14. The minimum Gasteiger partial charge on any atom is -0.352 e. The lowest BCUT2D eigenvalue weighted by atomic mass is 10.0. The number of nitrogens with one attached hydrogen (secondary N) is 1. The Kier molecular flexibility index (Phi) is 4.71. The van der Waals surface area contributed by atoms with E-state index in [4.69, 9.17) is 0 Å². The van der Waals surface area contributed by atoms with Crippen LogP contribution in [0.4, 0.5) is 4.39 Å². The fourth-order valence-electron chi connectivity index (χ4n) is 1.71. The molecule has 1 heterocycles. The molecule has 94 valence electrons. The standard InChI is InChI=1S/C12H23FN2O/c1-8(2)11(14-12(16)9(3)4)7-15-5-10(13)6-15/h8-11H,5-7H2,1-4H3,(H,14,16)/t11-/m0/s1. The van der Waals surface area contributed by atoms with Crippen LogP contribution in [0.2, 0.25) is 0 Å². The van der Waals surface area contributed by atoms with Crippen molar-refractivity contribution in [1.82, 2.24) is 10.2 Å². The summed E-state index contributed by atoms with van der Waals surface area (Å²) in [4.78, 5) is 13.7. The van der Waals surface area contributed by atoms with E-state index in [-0.39, 0.29) is 17.9 Å². The van der Waals surface area contributed by atoms with Gasteiger partial charge in [0.2, 0.25) is 5.91 Å².